The molecule has 0 aliphatic heterocycles. The second-order valence-corrected chi connectivity index (χ2v) is 4.69. The van der Waals surface area contributed by atoms with E-state index in [-0.39, 0.29) is 24.3 Å². The minimum atomic E-state index is -1.30. The van der Waals surface area contributed by atoms with Crippen molar-refractivity contribution in [3.8, 4) is 0 Å². The molecule has 0 aromatic carbocycles. The molecule has 2 saturated carbocycles. The third-order valence-corrected chi connectivity index (χ3v) is 3.94. The van der Waals surface area contributed by atoms with E-state index in [0.717, 1.165) is 0 Å². The number of aliphatic hydroxyl groups is 3. The standard InChI is InChI=1S/C10H13N3O4/c11-5-1-2-13(9(16)12-5)7-6-4(3-14)8(15)10(6,7)17/h1-2,4,6-8,14-15,17H,3H2,(H2,11,12,16). The van der Waals surface area contributed by atoms with Crippen LogP contribution < -0.4 is 11.4 Å². The molecular formula is C10H13N3O4. The maximum atomic E-state index is 11.6. The SMILES string of the molecule is Nc1ccn(C2C3C(CO)C(O)C32O)c(=O)n1. The van der Waals surface area contributed by atoms with E-state index in [4.69, 9.17) is 10.8 Å². The molecule has 92 valence electrons. The van der Waals surface area contributed by atoms with Crippen molar-refractivity contribution in [2.24, 2.45) is 11.8 Å². The lowest BCUT2D eigenvalue weighted by atomic mass is 9.80. The van der Waals surface area contributed by atoms with E-state index in [2.05, 4.69) is 4.98 Å². The number of hydrogen-bond donors (Lipinski definition) is 4. The minimum absolute atomic E-state index is 0.116. The lowest BCUT2D eigenvalue weighted by Crippen LogP contribution is -2.50. The van der Waals surface area contributed by atoms with E-state index < -0.39 is 23.4 Å². The number of aliphatic hydroxyl groups excluding tert-OH is 2. The van der Waals surface area contributed by atoms with Crippen molar-refractivity contribution in [1.82, 2.24) is 9.55 Å². The first-order chi connectivity index (χ1) is 8.01. The average Bonchev–Trinajstić information content (AvgIpc) is 2.82. The van der Waals surface area contributed by atoms with Crippen molar-refractivity contribution in [2.75, 3.05) is 12.3 Å². The van der Waals surface area contributed by atoms with Gasteiger partial charge in [-0.2, -0.15) is 4.98 Å². The monoisotopic (exact) mass is 239 g/mol. The van der Waals surface area contributed by atoms with E-state index in [1.165, 1.54) is 16.8 Å². The summed E-state index contributed by atoms with van der Waals surface area (Å²) in [5, 5.41) is 28.8. The molecule has 2 fully saturated rings. The lowest BCUT2D eigenvalue weighted by Gasteiger charge is -2.34. The Labute approximate surface area is 96.1 Å². The Morgan fingerprint density at radius 3 is 2.82 bits per heavy atom. The summed E-state index contributed by atoms with van der Waals surface area (Å²) >= 11 is 0. The highest BCUT2D eigenvalue weighted by Crippen LogP contribution is 2.69. The fourth-order valence-electron chi connectivity index (χ4n) is 3.02. The molecule has 0 amide bonds. The van der Waals surface area contributed by atoms with Crippen molar-refractivity contribution in [2.45, 2.75) is 17.7 Å². The van der Waals surface area contributed by atoms with Crippen LogP contribution in [0.3, 0.4) is 0 Å². The third kappa shape index (κ3) is 1.11. The Kier molecular flexibility index (Phi) is 1.93. The number of rotatable bonds is 2. The maximum absolute atomic E-state index is 11.6. The van der Waals surface area contributed by atoms with Crippen LogP contribution in [-0.2, 0) is 0 Å². The Bertz CT molecular complexity index is 531. The van der Waals surface area contributed by atoms with Crippen LogP contribution in [0.2, 0.25) is 0 Å². The predicted octanol–water partition coefficient (Wildman–Crippen LogP) is -2.29. The molecule has 5 atom stereocenters. The van der Waals surface area contributed by atoms with Crippen molar-refractivity contribution in [3.63, 3.8) is 0 Å². The van der Waals surface area contributed by atoms with Crippen LogP contribution in [0.1, 0.15) is 6.04 Å². The summed E-state index contributed by atoms with van der Waals surface area (Å²) < 4.78 is 1.26. The van der Waals surface area contributed by atoms with E-state index >= 15 is 0 Å². The van der Waals surface area contributed by atoms with Crippen molar-refractivity contribution >= 4 is 5.82 Å². The first-order valence-electron chi connectivity index (χ1n) is 5.37. The van der Waals surface area contributed by atoms with E-state index in [1.54, 1.807) is 0 Å². The highest BCUT2D eigenvalue weighted by Gasteiger charge is 2.82. The van der Waals surface area contributed by atoms with Gasteiger partial charge in [-0.15, -0.1) is 0 Å². The van der Waals surface area contributed by atoms with Crippen LogP contribution >= 0.6 is 0 Å². The minimum Gasteiger partial charge on any atom is -0.396 e. The van der Waals surface area contributed by atoms with Crippen LogP contribution in [0.4, 0.5) is 5.82 Å². The number of aromatic nitrogens is 2. The summed E-state index contributed by atoms with van der Waals surface area (Å²) in [4.78, 5) is 15.2. The van der Waals surface area contributed by atoms with Gasteiger partial charge in [-0.3, -0.25) is 4.57 Å². The summed E-state index contributed by atoms with van der Waals surface area (Å²) in [5.41, 5.74) is 3.52. The number of anilines is 1. The number of nitrogens with zero attached hydrogens (tertiary/aromatic N) is 2. The second-order valence-electron chi connectivity index (χ2n) is 4.69. The number of fused-ring (bicyclic) bond motifs is 1. The zero-order valence-electron chi connectivity index (χ0n) is 8.89. The fourth-order valence-corrected chi connectivity index (χ4v) is 3.02. The van der Waals surface area contributed by atoms with Gasteiger partial charge in [0.15, 0.2) is 0 Å². The molecule has 7 nitrogen and oxygen atoms in total. The molecule has 0 radical (unpaired) electrons. The average molecular weight is 239 g/mol. The Morgan fingerprint density at radius 1 is 1.59 bits per heavy atom. The Morgan fingerprint density at radius 2 is 2.29 bits per heavy atom. The highest BCUT2D eigenvalue weighted by molar-refractivity contribution is 5.33. The summed E-state index contributed by atoms with van der Waals surface area (Å²) in [5.74, 6) is -0.550. The molecule has 2 aliphatic rings. The van der Waals surface area contributed by atoms with Gasteiger partial charge in [0, 0.05) is 24.6 Å². The Balaban J connectivity index is 1.96. The van der Waals surface area contributed by atoms with Gasteiger partial charge in [0.05, 0.1) is 12.1 Å². The van der Waals surface area contributed by atoms with Gasteiger partial charge in [0.2, 0.25) is 0 Å². The van der Waals surface area contributed by atoms with Gasteiger partial charge < -0.3 is 21.1 Å². The molecule has 0 bridgehead atoms. The fraction of sp³-hybridized carbons (Fsp3) is 0.600. The number of nitrogens with two attached hydrogens (primary N) is 1. The molecule has 1 aromatic heterocycles. The van der Waals surface area contributed by atoms with Gasteiger partial charge in [0.25, 0.3) is 0 Å². The molecule has 3 rings (SSSR count). The molecule has 5 N–H and O–H groups in total. The topological polar surface area (TPSA) is 122 Å². The highest BCUT2D eigenvalue weighted by atomic mass is 16.4. The van der Waals surface area contributed by atoms with Gasteiger partial charge in [-0.05, 0) is 6.07 Å². The molecule has 1 heterocycles. The number of nitrogen functional groups attached to an aromatic ring is 1. The quantitative estimate of drug-likeness (QED) is 0.461. The first kappa shape index (κ1) is 10.7. The van der Waals surface area contributed by atoms with Crippen LogP contribution in [0.5, 0.6) is 0 Å². The molecule has 7 heteroatoms. The zero-order chi connectivity index (χ0) is 12.4. The van der Waals surface area contributed by atoms with Crippen LogP contribution in [0.25, 0.3) is 0 Å². The van der Waals surface area contributed by atoms with E-state index in [1.807, 2.05) is 0 Å². The Hall–Kier alpha value is -1.44. The summed E-state index contributed by atoms with van der Waals surface area (Å²) in [7, 11) is 0. The first-order valence-corrected chi connectivity index (χ1v) is 5.37. The van der Waals surface area contributed by atoms with Crippen LogP contribution in [0, 0.1) is 11.8 Å². The summed E-state index contributed by atoms with van der Waals surface area (Å²) in [6.45, 7) is -0.207. The van der Waals surface area contributed by atoms with Crippen molar-refractivity contribution in [3.05, 3.63) is 22.7 Å². The predicted molar refractivity (Wildman–Crippen MR) is 57.0 cm³/mol. The van der Waals surface area contributed by atoms with Gasteiger partial charge in [-0.1, -0.05) is 0 Å². The molecule has 0 saturated heterocycles. The number of hydrogen-bond acceptors (Lipinski definition) is 6. The molecule has 2 aliphatic carbocycles. The molecule has 5 unspecified atom stereocenters. The van der Waals surface area contributed by atoms with Crippen molar-refractivity contribution < 1.29 is 15.3 Å². The van der Waals surface area contributed by atoms with E-state index in [9.17, 15) is 15.0 Å². The zero-order valence-corrected chi connectivity index (χ0v) is 8.89. The largest absolute Gasteiger partial charge is 0.396 e. The lowest BCUT2D eigenvalue weighted by molar-refractivity contribution is -0.129. The van der Waals surface area contributed by atoms with Crippen molar-refractivity contribution in [1.29, 1.82) is 0 Å². The second kappa shape index (κ2) is 3.06. The molecule has 0 spiro atoms. The summed E-state index contributed by atoms with van der Waals surface area (Å²) in [6, 6.07) is 0.943. The van der Waals surface area contributed by atoms with Crippen LogP contribution in [0.15, 0.2) is 17.1 Å². The maximum Gasteiger partial charge on any atom is 0.349 e. The third-order valence-electron chi connectivity index (χ3n) is 3.94. The molecule has 17 heavy (non-hydrogen) atoms. The van der Waals surface area contributed by atoms with Gasteiger partial charge in [0.1, 0.15) is 11.4 Å². The smallest absolute Gasteiger partial charge is 0.349 e. The van der Waals surface area contributed by atoms with Gasteiger partial charge in [-0.25, -0.2) is 4.79 Å². The molecule has 1 aromatic rings. The van der Waals surface area contributed by atoms with Gasteiger partial charge >= 0.3 is 5.69 Å². The normalized spacial score (nSPS) is 42.8. The molecular weight excluding hydrogens is 226 g/mol. The van der Waals surface area contributed by atoms with E-state index in [0.29, 0.717) is 0 Å². The van der Waals surface area contributed by atoms with Crippen LogP contribution in [-0.4, -0.2) is 43.2 Å². The summed E-state index contributed by atoms with van der Waals surface area (Å²) in [6.07, 6.45) is 0.458.